The number of nitrogens with zero attached hydrogens (tertiary/aromatic N) is 1. The summed E-state index contributed by atoms with van der Waals surface area (Å²) in [6.45, 7) is 4.02. The Hall–Kier alpha value is -2.65. The SMILES string of the molecule is Cc1ccccc1-c1ccc(O[C@@H](C)[C@H](O)CCc2cccnc2)cc1. The van der Waals surface area contributed by atoms with Gasteiger partial charge in [-0.15, -0.1) is 0 Å². The molecule has 1 N–H and O–H groups in total. The quantitative estimate of drug-likeness (QED) is 0.666. The Bertz CT molecular complexity index is 815. The maximum atomic E-state index is 10.4. The Labute approximate surface area is 155 Å². The topological polar surface area (TPSA) is 42.4 Å². The summed E-state index contributed by atoms with van der Waals surface area (Å²) in [5, 5.41) is 10.4. The van der Waals surface area contributed by atoms with Crippen molar-refractivity contribution in [2.75, 3.05) is 0 Å². The number of ether oxygens (including phenoxy) is 1. The molecule has 3 aromatic rings. The van der Waals surface area contributed by atoms with E-state index in [1.54, 1.807) is 6.20 Å². The normalized spacial score (nSPS) is 13.2. The average molecular weight is 347 g/mol. The monoisotopic (exact) mass is 347 g/mol. The standard InChI is InChI=1S/C23H25NO2/c1-17-6-3-4-8-22(17)20-10-12-21(13-11-20)26-18(2)23(25)14-9-19-7-5-15-24-16-19/h3-8,10-13,15-16,18,23,25H,9,14H2,1-2H3/t18-,23+/m0/s1. The fourth-order valence-electron chi connectivity index (χ4n) is 3.00. The van der Waals surface area contributed by atoms with Gasteiger partial charge in [-0.1, -0.05) is 42.5 Å². The van der Waals surface area contributed by atoms with Gasteiger partial charge in [0.25, 0.3) is 0 Å². The van der Waals surface area contributed by atoms with E-state index in [0.717, 1.165) is 17.7 Å². The Kier molecular flexibility index (Phi) is 6.03. The van der Waals surface area contributed by atoms with Crippen LogP contribution in [0.4, 0.5) is 0 Å². The fraction of sp³-hybridized carbons (Fsp3) is 0.261. The fourth-order valence-corrected chi connectivity index (χ4v) is 3.00. The van der Waals surface area contributed by atoms with Gasteiger partial charge in [0, 0.05) is 12.4 Å². The molecule has 3 heteroatoms. The highest BCUT2D eigenvalue weighted by molar-refractivity contribution is 5.67. The molecule has 2 aromatic carbocycles. The van der Waals surface area contributed by atoms with Gasteiger partial charge in [0.15, 0.2) is 0 Å². The molecule has 0 aliphatic rings. The molecule has 0 aliphatic carbocycles. The van der Waals surface area contributed by atoms with E-state index >= 15 is 0 Å². The summed E-state index contributed by atoms with van der Waals surface area (Å²) < 4.78 is 5.92. The van der Waals surface area contributed by atoms with Gasteiger partial charge in [-0.05, 0) is 67.1 Å². The second-order valence-corrected chi connectivity index (χ2v) is 6.63. The molecule has 134 valence electrons. The highest BCUT2D eigenvalue weighted by Gasteiger charge is 2.16. The number of aryl methyl sites for hydroxylation is 2. The molecule has 0 amide bonds. The molecular weight excluding hydrogens is 322 g/mol. The van der Waals surface area contributed by atoms with E-state index in [9.17, 15) is 5.11 Å². The molecule has 3 rings (SSSR count). The van der Waals surface area contributed by atoms with Crippen molar-refractivity contribution in [3.05, 3.63) is 84.2 Å². The summed E-state index contributed by atoms with van der Waals surface area (Å²) >= 11 is 0. The molecule has 0 spiro atoms. The first-order valence-corrected chi connectivity index (χ1v) is 9.03. The van der Waals surface area contributed by atoms with Crippen LogP contribution in [0.2, 0.25) is 0 Å². The average Bonchev–Trinajstić information content (AvgIpc) is 2.68. The van der Waals surface area contributed by atoms with Crippen molar-refractivity contribution in [3.8, 4) is 16.9 Å². The lowest BCUT2D eigenvalue weighted by molar-refractivity contribution is 0.0420. The molecular formula is C23H25NO2. The van der Waals surface area contributed by atoms with Crippen LogP contribution in [0.25, 0.3) is 11.1 Å². The Balaban J connectivity index is 1.57. The molecule has 1 aromatic heterocycles. The minimum absolute atomic E-state index is 0.268. The Morgan fingerprint density at radius 3 is 2.46 bits per heavy atom. The number of aliphatic hydroxyl groups excluding tert-OH is 1. The van der Waals surface area contributed by atoms with Crippen molar-refractivity contribution in [2.45, 2.75) is 38.9 Å². The molecule has 2 atom stereocenters. The minimum atomic E-state index is -0.522. The summed E-state index contributed by atoms with van der Waals surface area (Å²) in [5.41, 5.74) is 4.77. The lowest BCUT2D eigenvalue weighted by Crippen LogP contribution is -2.29. The summed E-state index contributed by atoms with van der Waals surface area (Å²) in [6.07, 6.45) is 4.24. The number of aromatic nitrogens is 1. The van der Waals surface area contributed by atoms with Crippen LogP contribution in [0, 0.1) is 6.92 Å². The molecule has 0 aliphatic heterocycles. The van der Waals surface area contributed by atoms with Crippen molar-refractivity contribution in [1.29, 1.82) is 0 Å². The highest BCUT2D eigenvalue weighted by Crippen LogP contribution is 2.26. The van der Waals surface area contributed by atoms with E-state index in [0.29, 0.717) is 6.42 Å². The van der Waals surface area contributed by atoms with E-state index < -0.39 is 6.10 Å². The minimum Gasteiger partial charge on any atom is -0.488 e. The number of hydrogen-bond acceptors (Lipinski definition) is 3. The summed E-state index contributed by atoms with van der Waals surface area (Å²) in [5.74, 6) is 0.773. The number of benzene rings is 2. The van der Waals surface area contributed by atoms with Gasteiger partial charge >= 0.3 is 0 Å². The van der Waals surface area contributed by atoms with Gasteiger partial charge in [0.1, 0.15) is 11.9 Å². The third kappa shape index (κ3) is 4.70. The van der Waals surface area contributed by atoms with Crippen LogP contribution >= 0.6 is 0 Å². The zero-order valence-corrected chi connectivity index (χ0v) is 15.3. The van der Waals surface area contributed by atoms with Crippen LogP contribution in [0.15, 0.2) is 73.1 Å². The second kappa shape index (κ2) is 8.63. The summed E-state index contributed by atoms with van der Waals surface area (Å²) in [4.78, 5) is 4.10. The number of hydrogen-bond donors (Lipinski definition) is 1. The number of rotatable bonds is 7. The van der Waals surface area contributed by atoms with Gasteiger partial charge in [-0.2, -0.15) is 0 Å². The molecule has 0 unspecified atom stereocenters. The van der Waals surface area contributed by atoms with E-state index in [2.05, 4.69) is 36.2 Å². The predicted molar refractivity (Wildman–Crippen MR) is 105 cm³/mol. The Morgan fingerprint density at radius 2 is 1.77 bits per heavy atom. The van der Waals surface area contributed by atoms with Crippen LogP contribution in [-0.2, 0) is 6.42 Å². The first-order chi connectivity index (χ1) is 12.6. The summed E-state index contributed by atoms with van der Waals surface area (Å²) in [6, 6.07) is 20.3. The van der Waals surface area contributed by atoms with E-state index in [4.69, 9.17) is 4.74 Å². The van der Waals surface area contributed by atoms with Gasteiger partial charge in [-0.25, -0.2) is 0 Å². The van der Waals surface area contributed by atoms with Crippen molar-refractivity contribution in [3.63, 3.8) is 0 Å². The molecule has 0 saturated carbocycles. The van der Waals surface area contributed by atoms with Crippen LogP contribution in [0.5, 0.6) is 5.75 Å². The molecule has 26 heavy (non-hydrogen) atoms. The first kappa shape index (κ1) is 18.2. The van der Waals surface area contributed by atoms with Crippen molar-refractivity contribution < 1.29 is 9.84 Å². The third-order valence-corrected chi connectivity index (χ3v) is 4.63. The van der Waals surface area contributed by atoms with Crippen LogP contribution in [0.1, 0.15) is 24.5 Å². The lowest BCUT2D eigenvalue weighted by atomic mass is 10.0. The molecule has 0 saturated heterocycles. The molecule has 0 radical (unpaired) electrons. The zero-order valence-electron chi connectivity index (χ0n) is 15.3. The smallest absolute Gasteiger partial charge is 0.122 e. The van der Waals surface area contributed by atoms with Gasteiger partial charge < -0.3 is 9.84 Å². The Morgan fingerprint density at radius 1 is 1.00 bits per heavy atom. The van der Waals surface area contributed by atoms with Gasteiger partial charge in [0.05, 0.1) is 6.10 Å². The largest absolute Gasteiger partial charge is 0.488 e. The highest BCUT2D eigenvalue weighted by atomic mass is 16.5. The van der Waals surface area contributed by atoms with Crippen LogP contribution in [-0.4, -0.2) is 22.3 Å². The van der Waals surface area contributed by atoms with Crippen molar-refractivity contribution >= 4 is 0 Å². The number of pyridine rings is 1. The third-order valence-electron chi connectivity index (χ3n) is 4.63. The number of aliphatic hydroxyl groups is 1. The molecule has 0 bridgehead atoms. The van der Waals surface area contributed by atoms with Crippen LogP contribution < -0.4 is 4.74 Å². The maximum Gasteiger partial charge on any atom is 0.122 e. The van der Waals surface area contributed by atoms with E-state index in [-0.39, 0.29) is 6.10 Å². The van der Waals surface area contributed by atoms with Crippen LogP contribution in [0.3, 0.4) is 0 Å². The van der Waals surface area contributed by atoms with Crippen molar-refractivity contribution in [2.24, 2.45) is 0 Å². The van der Waals surface area contributed by atoms with E-state index in [1.165, 1.54) is 16.7 Å². The maximum absolute atomic E-state index is 10.4. The van der Waals surface area contributed by atoms with Gasteiger partial charge in [0.2, 0.25) is 0 Å². The molecule has 3 nitrogen and oxygen atoms in total. The second-order valence-electron chi connectivity index (χ2n) is 6.63. The van der Waals surface area contributed by atoms with E-state index in [1.807, 2.05) is 49.5 Å². The first-order valence-electron chi connectivity index (χ1n) is 9.03. The summed E-state index contributed by atoms with van der Waals surface area (Å²) in [7, 11) is 0. The van der Waals surface area contributed by atoms with Gasteiger partial charge in [-0.3, -0.25) is 4.98 Å². The predicted octanol–water partition coefficient (Wildman–Crippen LogP) is 4.82. The lowest BCUT2D eigenvalue weighted by Gasteiger charge is -2.21. The molecule has 0 fully saturated rings. The zero-order chi connectivity index (χ0) is 18.4. The van der Waals surface area contributed by atoms with Crippen molar-refractivity contribution in [1.82, 2.24) is 4.98 Å². The molecule has 1 heterocycles.